The van der Waals surface area contributed by atoms with E-state index in [1.54, 1.807) is 6.26 Å². The summed E-state index contributed by atoms with van der Waals surface area (Å²) in [6, 6.07) is 18.0. The van der Waals surface area contributed by atoms with Crippen LogP contribution in [0.25, 0.3) is 5.70 Å². The molecule has 6 nitrogen and oxygen atoms in total. The summed E-state index contributed by atoms with van der Waals surface area (Å²) in [5.41, 5.74) is 11.5. The molecule has 35 heavy (non-hydrogen) atoms. The molecule has 0 radical (unpaired) electrons. The zero-order valence-corrected chi connectivity index (χ0v) is 20.9. The van der Waals surface area contributed by atoms with E-state index in [1.165, 1.54) is 16.7 Å². The summed E-state index contributed by atoms with van der Waals surface area (Å²) in [7, 11) is 0. The van der Waals surface area contributed by atoms with Gasteiger partial charge >= 0.3 is 0 Å². The highest BCUT2D eigenvalue weighted by molar-refractivity contribution is 5.95. The number of anilines is 1. The van der Waals surface area contributed by atoms with Crippen LogP contribution in [0.2, 0.25) is 0 Å². The Hall–Kier alpha value is -3.35. The molecule has 0 aliphatic rings. The SMILES string of the molecule is C=C(Nc1cc(C(=O)N(N)CCN)ccc1C(CCC)CCCc1ccccc1C)c1ccco1. The maximum atomic E-state index is 12.8. The van der Waals surface area contributed by atoms with Gasteiger partial charge in [-0.25, -0.2) is 5.84 Å². The van der Waals surface area contributed by atoms with E-state index in [9.17, 15) is 4.79 Å². The van der Waals surface area contributed by atoms with Crippen molar-refractivity contribution in [1.29, 1.82) is 0 Å². The summed E-state index contributed by atoms with van der Waals surface area (Å²) in [6.07, 6.45) is 6.93. The summed E-state index contributed by atoms with van der Waals surface area (Å²) in [6.45, 7) is 9.12. The normalized spacial score (nSPS) is 11.8. The number of rotatable bonds is 13. The van der Waals surface area contributed by atoms with Gasteiger partial charge in [0.15, 0.2) is 0 Å². The lowest BCUT2D eigenvalue weighted by atomic mass is 9.87. The molecule has 0 aliphatic heterocycles. The molecule has 1 heterocycles. The predicted octanol–water partition coefficient (Wildman–Crippen LogP) is 5.85. The van der Waals surface area contributed by atoms with Gasteiger partial charge in [0.2, 0.25) is 0 Å². The molecule has 0 fully saturated rings. The van der Waals surface area contributed by atoms with Gasteiger partial charge < -0.3 is 15.5 Å². The van der Waals surface area contributed by atoms with E-state index in [0.29, 0.717) is 36.0 Å². The van der Waals surface area contributed by atoms with Crippen molar-refractivity contribution in [3.8, 4) is 0 Å². The van der Waals surface area contributed by atoms with Crippen molar-refractivity contribution in [3.05, 3.63) is 95.5 Å². The number of hydrazine groups is 1. The molecular formula is C29H38N4O2. The lowest BCUT2D eigenvalue weighted by Crippen LogP contribution is -2.40. The van der Waals surface area contributed by atoms with Crippen molar-refractivity contribution in [2.45, 2.75) is 51.9 Å². The maximum absolute atomic E-state index is 12.8. The molecule has 0 aliphatic carbocycles. The zero-order valence-electron chi connectivity index (χ0n) is 20.9. The van der Waals surface area contributed by atoms with Crippen molar-refractivity contribution < 1.29 is 9.21 Å². The van der Waals surface area contributed by atoms with Gasteiger partial charge in [-0.2, -0.15) is 0 Å². The van der Waals surface area contributed by atoms with Gasteiger partial charge in [0.05, 0.1) is 12.0 Å². The second kappa shape index (κ2) is 12.9. The largest absolute Gasteiger partial charge is 0.463 e. The van der Waals surface area contributed by atoms with E-state index in [0.717, 1.165) is 42.8 Å². The number of hydrogen-bond donors (Lipinski definition) is 3. The van der Waals surface area contributed by atoms with E-state index in [2.05, 4.69) is 56.1 Å². The molecule has 0 saturated carbocycles. The molecule has 186 valence electrons. The number of carbonyl (C=O) groups is 1. The summed E-state index contributed by atoms with van der Waals surface area (Å²) in [5.74, 6) is 6.66. The highest BCUT2D eigenvalue weighted by atomic mass is 16.3. The van der Waals surface area contributed by atoms with Crippen molar-refractivity contribution in [3.63, 3.8) is 0 Å². The third kappa shape index (κ3) is 7.07. The summed E-state index contributed by atoms with van der Waals surface area (Å²) in [5, 5.41) is 4.57. The Morgan fingerprint density at radius 2 is 1.94 bits per heavy atom. The Balaban J connectivity index is 1.87. The van der Waals surface area contributed by atoms with Crippen LogP contribution >= 0.6 is 0 Å². The van der Waals surface area contributed by atoms with Crippen LogP contribution in [-0.2, 0) is 6.42 Å². The van der Waals surface area contributed by atoms with Crippen LogP contribution < -0.4 is 16.9 Å². The third-order valence-corrected chi connectivity index (χ3v) is 6.37. The van der Waals surface area contributed by atoms with Gasteiger partial charge in [-0.05, 0) is 79.5 Å². The second-order valence-corrected chi connectivity index (χ2v) is 8.97. The fourth-order valence-corrected chi connectivity index (χ4v) is 4.47. The van der Waals surface area contributed by atoms with E-state index in [-0.39, 0.29) is 5.91 Å². The minimum atomic E-state index is -0.264. The maximum Gasteiger partial charge on any atom is 0.267 e. The average molecular weight is 475 g/mol. The van der Waals surface area contributed by atoms with Crippen LogP contribution in [0.1, 0.15) is 71.3 Å². The van der Waals surface area contributed by atoms with Gasteiger partial charge in [0, 0.05) is 24.3 Å². The Labute approximate surface area is 209 Å². The lowest BCUT2D eigenvalue weighted by molar-refractivity contribution is 0.0760. The average Bonchev–Trinajstić information content (AvgIpc) is 3.40. The number of amides is 1. The summed E-state index contributed by atoms with van der Waals surface area (Å²) >= 11 is 0. The second-order valence-electron chi connectivity index (χ2n) is 8.97. The Bertz CT molecular complexity index is 1110. The molecule has 3 rings (SSSR count). The molecule has 0 bridgehead atoms. The highest BCUT2D eigenvalue weighted by Crippen LogP contribution is 2.35. The first-order chi connectivity index (χ1) is 16.9. The first kappa shape index (κ1) is 26.3. The molecule has 2 aromatic carbocycles. The Kier molecular flexibility index (Phi) is 9.70. The molecule has 6 heteroatoms. The van der Waals surface area contributed by atoms with E-state index < -0.39 is 0 Å². The monoisotopic (exact) mass is 474 g/mol. The van der Waals surface area contributed by atoms with Crippen LogP contribution in [0.3, 0.4) is 0 Å². The number of benzene rings is 2. The number of furan rings is 1. The van der Waals surface area contributed by atoms with Crippen molar-refractivity contribution in [2.24, 2.45) is 11.6 Å². The van der Waals surface area contributed by atoms with Gasteiger partial charge in [0.1, 0.15) is 5.76 Å². The number of nitrogens with two attached hydrogens (primary N) is 2. The molecule has 1 aromatic heterocycles. The number of hydrogen-bond acceptors (Lipinski definition) is 5. The van der Waals surface area contributed by atoms with E-state index in [4.69, 9.17) is 16.0 Å². The first-order valence-corrected chi connectivity index (χ1v) is 12.4. The number of nitrogens with zero attached hydrogens (tertiary/aromatic N) is 1. The molecule has 0 saturated heterocycles. The summed E-state index contributed by atoms with van der Waals surface area (Å²) < 4.78 is 5.52. The molecule has 1 unspecified atom stereocenters. The molecule has 3 aromatic rings. The van der Waals surface area contributed by atoms with Crippen LogP contribution in [0.15, 0.2) is 71.9 Å². The molecule has 5 N–H and O–H groups in total. The smallest absolute Gasteiger partial charge is 0.267 e. The fourth-order valence-electron chi connectivity index (χ4n) is 4.47. The molecule has 1 atom stereocenters. The minimum Gasteiger partial charge on any atom is -0.463 e. The van der Waals surface area contributed by atoms with Crippen LogP contribution in [0.5, 0.6) is 0 Å². The number of nitrogens with one attached hydrogen (secondary N) is 1. The van der Waals surface area contributed by atoms with Crippen molar-refractivity contribution in [2.75, 3.05) is 18.4 Å². The summed E-state index contributed by atoms with van der Waals surface area (Å²) in [4.78, 5) is 12.8. The van der Waals surface area contributed by atoms with E-state index in [1.807, 2.05) is 24.3 Å². The van der Waals surface area contributed by atoms with Gasteiger partial charge in [-0.15, -0.1) is 0 Å². The predicted molar refractivity (Wildman–Crippen MR) is 144 cm³/mol. The van der Waals surface area contributed by atoms with E-state index >= 15 is 0 Å². The minimum absolute atomic E-state index is 0.264. The highest BCUT2D eigenvalue weighted by Gasteiger charge is 2.20. The molecule has 1 amide bonds. The van der Waals surface area contributed by atoms with Crippen LogP contribution in [0.4, 0.5) is 5.69 Å². The first-order valence-electron chi connectivity index (χ1n) is 12.4. The third-order valence-electron chi connectivity index (χ3n) is 6.37. The van der Waals surface area contributed by atoms with Gasteiger partial charge in [0.25, 0.3) is 5.91 Å². The molecule has 0 spiro atoms. The Morgan fingerprint density at radius 3 is 2.63 bits per heavy atom. The van der Waals surface area contributed by atoms with Crippen molar-refractivity contribution in [1.82, 2.24) is 5.01 Å². The number of aryl methyl sites for hydroxylation is 2. The van der Waals surface area contributed by atoms with Gasteiger partial charge in [-0.3, -0.25) is 9.80 Å². The Morgan fingerprint density at radius 1 is 1.14 bits per heavy atom. The molecular weight excluding hydrogens is 436 g/mol. The van der Waals surface area contributed by atoms with Gasteiger partial charge in [-0.1, -0.05) is 50.3 Å². The standard InChI is InChI=1S/C29H38N4O2/c1-4-9-24(13-7-12-23-11-6-5-10-21(23)2)26-16-15-25(29(34)33(31)18-17-30)20-27(26)32-22(3)28-14-8-19-35-28/h5-6,8,10-11,14-16,19-20,24,32H,3-4,7,9,12-13,17-18,30-31H2,1-2H3. The van der Waals surface area contributed by atoms with Crippen molar-refractivity contribution >= 4 is 17.3 Å². The van der Waals surface area contributed by atoms with Crippen LogP contribution in [-0.4, -0.2) is 24.0 Å². The van der Waals surface area contributed by atoms with Crippen LogP contribution in [0, 0.1) is 6.92 Å². The quantitative estimate of drug-likeness (QED) is 0.164. The topological polar surface area (TPSA) is 97.5 Å². The number of carbonyl (C=O) groups excluding carboxylic acids is 1. The fraction of sp³-hybridized carbons (Fsp3) is 0.345. The lowest BCUT2D eigenvalue weighted by Gasteiger charge is -2.23. The zero-order chi connectivity index (χ0) is 25.2.